The summed E-state index contributed by atoms with van der Waals surface area (Å²) in [7, 11) is 0. The number of nitrogens with one attached hydrogen (secondary N) is 1. The summed E-state index contributed by atoms with van der Waals surface area (Å²) >= 11 is 5.74. The van der Waals surface area contributed by atoms with Gasteiger partial charge in [0.2, 0.25) is 0 Å². The van der Waals surface area contributed by atoms with Crippen LogP contribution in [-0.4, -0.2) is 12.4 Å². The lowest BCUT2D eigenvalue weighted by Gasteiger charge is -2.14. The molecule has 0 aliphatic heterocycles. The minimum Gasteiger partial charge on any atom is -0.313 e. The summed E-state index contributed by atoms with van der Waals surface area (Å²) in [6.45, 7) is 1.86. The normalized spacial score (nSPS) is 11.9. The fraction of sp³-hybridized carbons (Fsp3) is 0.200. The molecule has 0 amide bonds. The summed E-state index contributed by atoms with van der Waals surface area (Å²) in [6, 6.07) is 20.0. The van der Waals surface area contributed by atoms with Crippen molar-refractivity contribution in [1.82, 2.24) is 5.32 Å². The molecule has 0 radical (unpaired) electrons. The number of halogens is 1. The summed E-state index contributed by atoms with van der Waals surface area (Å²) in [6.07, 6.45) is 1.01. The maximum Gasteiger partial charge on any atom is 0.0235 e. The molecule has 4 rings (SSSR count). The largest absolute Gasteiger partial charge is 0.313 e. The first-order valence-electron chi connectivity index (χ1n) is 7.80. The number of rotatable bonds is 5. The Bertz CT molecular complexity index is 913. The van der Waals surface area contributed by atoms with Crippen LogP contribution >= 0.6 is 11.6 Å². The van der Waals surface area contributed by atoms with Gasteiger partial charge in [-0.2, -0.15) is 0 Å². The highest BCUT2D eigenvalue weighted by molar-refractivity contribution is 6.23. The van der Waals surface area contributed by atoms with E-state index in [0.717, 1.165) is 19.5 Å². The molecule has 4 aromatic rings. The summed E-state index contributed by atoms with van der Waals surface area (Å²) in [5, 5.41) is 11.6. The van der Waals surface area contributed by atoms with Crippen molar-refractivity contribution in [2.45, 2.75) is 13.0 Å². The SMILES string of the molecule is ClCCCNCc1ccc2ccc3cccc4ccc1c2c34. The van der Waals surface area contributed by atoms with Crippen molar-refractivity contribution < 1.29 is 0 Å². The van der Waals surface area contributed by atoms with Crippen molar-refractivity contribution in [3.63, 3.8) is 0 Å². The maximum absolute atomic E-state index is 5.74. The fourth-order valence-electron chi connectivity index (χ4n) is 3.36. The average molecular weight is 308 g/mol. The molecule has 0 spiro atoms. The van der Waals surface area contributed by atoms with Gasteiger partial charge in [-0.05, 0) is 50.8 Å². The molecule has 0 aliphatic carbocycles. The summed E-state index contributed by atoms with van der Waals surface area (Å²) < 4.78 is 0. The van der Waals surface area contributed by atoms with Gasteiger partial charge in [-0.15, -0.1) is 11.6 Å². The number of hydrogen-bond donors (Lipinski definition) is 1. The molecule has 0 fully saturated rings. The molecule has 22 heavy (non-hydrogen) atoms. The van der Waals surface area contributed by atoms with Crippen LogP contribution < -0.4 is 5.32 Å². The molecule has 0 atom stereocenters. The smallest absolute Gasteiger partial charge is 0.0235 e. The first kappa shape index (κ1) is 13.8. The Balaban J connectivity index is 1.89. The highest BCUT2D eigenvalue weighted by atomic mass is 35.5. The third-order valence-corrected chi connectivity index (χ3v) is 4.69. The first-order chi connectivity index (χ1) is 10.9. The standard InChI is InChI=1S/C20H18ClN/c21-11-2-12-22-13-17-8-7-16-6-5-14-3-1-4-15-9-10-18(17)20(16)19(14)15/h1,3-10,22H,2,11-13H2. The predicted octanol–water partition coefficient (Wildman–Crippen LogP) is 5.30. The van der Waals surface area contributed by atoms with Gasteiger partial charge in [0.25, 0.3) is 0 Å². The van der Waals surface area contributed by atoms with Crippen LogP contribution in [-0.2, 0) is 6.54 Å². The van der Waals surface area contributed by atoms with Gasteiger partial charge in [0.05, 0.1) is 0 Å². The molecule has 1 N–H and O–H groups in total. The van der Waals surface area contributed by atoms with Gasteiger partial charge in [0.1, 0.15) is 0 Å². The molecule has 0 aliphatic rings. The zero-order valence-corrected chi connectivity index (χ0v) is 13.2. The summed E-state index contributed by atoms with van der Waals surface area (Å²) in [5.41, 5.74) is 1.36. The molecule has 4 aromatic carbocycles. The average Bonchev–Trinajstić information content (AvgIpc) is 2.57. The zero-order valence-electron chi connectivity index (χ0n) is 12.4. The van der Waals surface area contributed by atoms with E-state index in [2.05, 4.69) is 59.9 Å². The van der Waals surface area contributed by atoms with Gasteiger partial charge in [-0.1, -0.05) is 54.6 Å². The van der Waals surface area contributed by atoms with Crippen LogP contribution in [0.1, 0.15) is 12.0 Å². The molecule has 0 heterocycles. The van der Waals surface area contributed by atoms with E-state index in [1.165, 1.54) is 37.9 Å². The second kappa shape index (κ2) is 5.75. The van der Waals surface area contributed by atoms with Crippen LogP contribution in [0.3, 0.4) is 0 Å². The van der Waals surface area contributed by atoms with Crippen molar-refractivity contribution in [1.29, 1.82) is 0 Å². The van der Waals surface area contributed by atoms with Gasteiger partial charge >= 0.3 is 0 Å². The molecule has 0 unspecified atom stereocenters. The molecule has 0 bridgehead atoms. The molecule has 0 aromatic heterocycles. The van der Waals surface area contributed by atoms with E-state index in [1.54, 1.807) is 0 Å². The van der Waals surface area contributed by atoms with Crippen LogP contribution in [0.5, 0.6) is 0 Å². The lowest BCUT2D eigenvalue weighted by atomic mass is 9.92. The lowest BCUT2D eigenvalue weighted by molar-refractivity contribution is 0.680. The second-order valence-corrected chi connectivity index (χ2v) is 6.18. The fourth-order valence-corrected chi connectivity index (χ4v) is 3.50. The topological polar surface area (TPSA) is 12.0 Å². The van der Waals surface area contributed by atoms with Gasteiger partial charge in [0.15, 0.2) is 0 Å². The molecular weight excluding hydrogens is 290 g/mol. The Morgan fingerprint density at radius 2 is 1.45 bits per heavy atom. The molecule has 0 saturated heterocycles. The van der Waals surface area contributed by atoms with Crippen LogP contribution in [0, 0.1) is 0 Å². The minimum absolute atomic E-state index is 0.714. The number of alkyl halides is 1. The molecule has 0 saturated carbocycles. The third-order valence-electron chi connectivity index (χ3n) is 4.42. The van der Waals surface area contributed by atoms with Crippen molar-refractivity contribution in [3.8, 4) is 0 Å². The molecule has 1 nitrogen and oxygen atoms in total. The van der Waals surface area contributed by atoms with E-state index < -0.39 is 0 Å². The van der Waals surface area contributed by atoms with E-state index in [4.69, 9.17) is 11.6 Å². The van der Waals surface area contributed by atoms with Gasteiger partial charge < -0.3 is 5.32 Å². The van der Waals surface area contributed by atoms with Crippen LogP contribution in [0.2, 0.25) is 0 Å². The van der Waals surface area contributed by atoms with Crippen molar-refractivity contribution >= 4 is 43.9 Å². The molecule has 2 heteroatoms. The Morgan fingerprint density at radius 1 is 0.773 bits per heavy atom. The number of benzene rings is 4. The Hall–Kier alpha value is -1.83. The Morgan fingerprint density at radius 3 is 2.23 bits per heavy atom. The second-order valence-electron chi connectivity index (χ2n) is 5.80. The van der Waals surface area contributed by atoms with Gasteiger partial charge in [0, 0.05) is 12.4 Å². The van der Waals surface area contributed by atoms with Crippen LogP contribution in [0.15, 0.2) is 54.6 Å². The monoisotopic (exact) mass is 307 g/mol. The Labute approximate surface area is 135 Å². The van der Waals surface area contributed by atoms with E-state index in [9.17, 15) is 0 Å². The van der Waals surface area contributed by atoms with Crippen LogP contribution in [0.25, 0.3) is 32.3 Å². The van der Waals surface area contributed by atoms with Gasteiger partial charge in [-0.3, -0.25) is 0 Å². The van der Waals surface area contributed by atoms with Crippen molar-refractivity contribution in [2.75, 3.05) is 12.4 Å². The first-order valence-corrected chi connectivity index (χ1v) is 8.34. The highest BCUT2D eigenvalue weighted by Gasteiger charge is 2.10. The zero-order chi connectivity index (χ0) is 14.9. The van der Waals surface area contributed by atoms with Crippen molar-refractivity contribution in [3.05, 3.63) is 60.2 Å². The molecule has 110 valence electrons. The lowest BCUT2D eigenvalue weighted by Crippen LogP contribution is -2.15. The van der Waals surface area contributed by atoms with E-state index in [-0.39, 0.29) is 0 Å². The minimum atomic E-state index is 0.714. The predicted molar refractivity (Wildman–Crippen MR) is 97.2 cm³/mol. The third kappa shape index (κ3) is 2.22. The number of hydrogen-bond acceptors (Lipinski definition) is 1. The molecular formula is C20H18ClN. The van der Waals surface area contributed by atoms with Crippen molar-refractivity contribution in [2.24, 2.45) is 0 Å². The van der Waals surface area contributed by atoms with E-state index in [1.807, 2.05) is 0 Å². The van der Waals surface area contributed by atoms with E-state index in [0.29, 0.717) is 5.88 Å². The maximum atomic E-state index is 5.74. The highest BCUT2D eigenvalue weighted by Crippen LogP contribution is 2.35. The van der Waals surface area contributed by atoms with E-state index >= 15 is 0 Å². The van der Waals surface area contributed by atoms with Crippen LogP contribution in [0.4, 0.5) is 0 Å². The van der Waals surface area contributed by atoms with Gasteiger partial charge in [-0.25, -0.2) is 0 Å². The Kier molecular flexibility index (Phi) is 3.61. The summed E-state index contributed by atoms with van der Waals surface area (Å²) in [4.78, 5) is 0. The summed E-state index contributed by atoms with van der Waals surface area (Å²) in [5.74, 6) is 0.714. The quantitative estimate of drug-likeness (QED) is 0.299.